The van der Waals surface area contributed by atoms with Crippen LogP contribution in [0.1, 0.15) is 32.2 Å². The Labute approximate surface area is 143 Å². The molecule has 0 saturated carbocycles. The van der Waals surface area contributed by atoms with Crippen molar-refractivity contribution < 1.29 is 18.7 Å². The van der Waals surface area contributed by atoms with Crippen LogP contribution in [0.2, 0.25) is 0 Å². The lowest BCUT2D eigenvalue weighted by molar-refractivity contribution is 0.0600. The lowest BCUT2D eigenvalue weighted by Crippen LogP contribution is -2.12. The largest absolute Gasteiger partial charge is 0.465 e. The van der Waals surface area contributed by atoms with Crippen molar-refractivity contribution in [2.45, 2.75) is 6.42 Å². The van der Waals surface area contributed by atoms with Gasteiger partial charge in [0.15, 0.2) is 0 Å². The molecule has 0 aliphatic carbocycles. The summed E-state index contributed by atoms with van der Waals surface area (Å²) in [4.78, 5) is 23.6. The fraction of sp³-hybridized carbons (Fsp3) is 0.111. The standard InChI is InChI=1S/C18H15N3O4/c1-24-17(23)14-9-7-13(8-10-14)16(22)19-18-21-20-15(25-18)11-12-5-3-2-4-6-12/h2-10H,11H2,1H3,(H,19,21,22). The fourth-order valence-corrected chi connectivity index (χ4v) is 2.19. The van der Waals surface area contributed by atoms with Gasteiger partial charge in [0.2, 0.25) is 5.89 Å². The maximum absolute atomic E-state index is 12.2. The first-order valence-electron chi connectivity index (χ1n) is 7.52. The first-order valence-corrected chi connectivity index (χ1v) is 7.52. The third kappa shape index (κ3) is 4.08. The number of nitrogens with one attached hydrogen (secondary N) is 1. The number of carbonyl (C=O) groups is 2. The average molecular weight is 337 g/mol. The van der Waals surface area contributed by atoms with Crippen LogP contribution >= 0.6 is 0 Å². The molecule has 0 saturated heterocycles. The molecule has 0 aliphatic rings. The highest BCUT2D eigenvalue weighted by atomic mass is 16.5. The number of methoxy groups -OCH3 is 1. The number of hydrogen-bond donors (Lipinski definition) is 1. The summed E-state index contributed by atoms with van der Waals surface area (Å²) in [7, 11) is 1.30. The van der Waals surface area contributed by atoms with Gasteiger partial charge in [-0.05, 0) is 29.8 Å². The number of carbonyl (C=O) groups excluding carboxylic acids is 2. The molecule has 0 radical (unpaired) electrons. The predicted octanol–water partition coefficient (Wildman–Crippen LogP) is 2.70. The Bertz CT molecular complexity index is 873. The zero-order valence-electron chi connectivity index (χ0n) is 13.4. The second-order valence-corrected chi connectivity index (χ2v) is 5.19. The average Bonchev–Trinajstić information content (AvgIpc) is 3.08. The number of esters is 1. The summed E-state index contributed by atoms with van der Waals surface area (Å²) in [5.74, 6) is -0.469. The molecular formula is C18H15N3O4. The van der Waals surface area contributed by atoms with E-state index in [0.29, 0.717) is 23.4 Å². The monoisotopic (exact) mass is 337 g/mol. The minimum Gasteiger partial charge on any atom is -0.465 e. The Morgan fingerprint density at radius 2 is 1.68 bits per heavy atom. The Morgan fingerprint density at radius 1 is 1.00 bits per heavy atom. The number of benzene rings is 2. The summed E-state index contributed by atoms with van der Waals surface area (Å²) in [6, 6.07) is 15.7. The highest BCUT2D eigenvalue weighted by Crippen LogP contribution is 2.13. The van der Waals surface area contributed by atoms with Gasteiger partial charge in [0.25, 0.3) is 5.91 Å². The molecule has 126 valence electrons. The van der Waals surface area contributed by atoms with Crippen LogP contribution in [-0.4, -0.2) is 29.2 Å². The summed E-state index contributed by atoms with van der Waals surface area (Å²) < 4.78 is 10.0. The van der Waals surface area contributed by atoms with E-state index in [9.17, 15) is 9.59 Å². The Kier molecular flexibility index (Phi) is 4.84. The molecule has 1 heterocycles. The number of anilines is 1. The van der Waals surface area contributed by atoms with Crippen molar-refractivity contribution in [1.29, 1.82) is 0 Å². The molecule has 0 atom stereocenters. The molecule has 0 aliphatic heterocycles. The van der Waals surface area contributed by atoms with Crippen LogP contribution in [0.4, 0.5) is 6.01 Å². The van der Waals surface area contributed by atoms with E-state index in [2.05, 4.69) is 20.3 Å². The molecule has 0 bridgehead atoms. The number of aromatic nitrogens is 2. The maximum atomic E-state index is 12.2. The molecule has 25 heavy (non-hydrogen) atoms. The van der Waals surface area contributed by atoms with Crippen molar-refractivity contribution in [2.24, 2.45) is 0 Å². The molecule has 0 fully saturated rings. The summed E-state index contributed by atoms with van der Waals surface area (Å²) in [5.41, 5.74) is 1.75. The number of rotatable bonds is 5. The quantitative estimate of drug-likeness (QED) is 0.719. The third-order valence-electron chi connectivity index (χ3n) is 3.45. The van der Waals surface area contributed by atoms with E-state index in [4.69, 9.17) is 4.42 Å². The van der Waals surface area contributed by atoms with Crippen LogP contribution in [0, 0.1) is 0 Å². The minimum absolute atomic E-state index is 0.0213. The van der Waals surface area contributed by atoms with E-state index in [0.717, 1.165) is 5.56 Å². The number of amides is 1. The highest BCUT2D eigenvalue weighted by molar-refractivity contribution is 6.03. The Morgan fingerprint density at radius 3 is 2.36 bits per heavy atom. The van der Waals surface area contributed by atoms with Crippen molar-refractivity contribution in [1.82, 2.24) is 10.2 Å². The van der Waals surface area contributed by atoms with E-state index in [1.54, 1.807) is 0 Å². The van der Waals surface area contributed by atoms with E-state index in [1.807, 2.05) is 30.3 Å². The van der Waals surface area contributed by atoms with Gasteiger partial charge in [-0.1, -0.05) is 35.4 Å². The van der Waals surface area contributed by atoms with Crippen LogP contribution < -0.4 is 5.32 Å². The van der Waals surface area contributed by atoms with Crippen LogP contribution in [0.5, 0.6) is 0 Å². The molecule has 1 aromatic heterocycles. The normalized spacial score (nSPS) is 10.3. The second-order valence-electron chi connectivity index (χ2n) is 5.19. The van der Waals surface area contributed by atoms with Crippen molar-refractivity contribution in [3.05, 3.63) is 77.2 Å². The van der Waals surface area contributed by atoms with Gasteiger partial charge in [-0.15, -0.1) is 5.10 Å². The van der Waals surface area contributed by atoms with Crippen molar-refractivity contribution >= 4 is 17.9 Å². The lowest BCUT2D eigenvalue weighted by atomic mass is 10.1. The Hall–Kier alpha value is -3.48. The molecule has 0 spiro atoms. The van der Waals surface area contributed by atoms with E-state index < -0.39 is 11.9 Å². The molecule has 1 N–H and O–H groups in total. The molecule has 7 nitrogen and oxygen atoms in total. The Balaban J connectivity index is 1.64. The molecule has 3 rings (SSSR count). The minimum atomic E-state index is -0.464. The van der Waals surface area contributed by atoms with Gasteiger partial charge in [-0.25, -0.2) is 4.79 Å². The number of ether oxygens (including phenoxy) is 1. The van der Waals surface area contributed by atoms with Gasteiger partial charge in [-0.3, -0.25) is 10.1 Å². The zero-order chi connectivity index (χ0) is 17.6. The SMILES string of the molecule is COC(=O)c1ccc(C(=O)Nc2nnc(Cc3ccccc3)o2)cc1. The van der Waals surface area contributed by atoms with Crippen molar-refractivity contribution in [3.8, 4) is 0 Å². The molecule has 2 aromatic carbocycles. The molecule has 0 unspecified atom stereocenters. The van der Waals surface area contributed by atoms with E-state index >= 15 is 0 Å². The van der Waals surface area contributed by atoms with Crippen LogP contribution in [0.3, 0.4) is 0 Å². The van der Waals surface area contributed by atoms with E-state index in [-0.39, 0.29) is 6.01 Å². The highest BCUT2D eigenvalue weighted by Gasteiger charge is 2.13. The fourth-order valence-electron chi connectivity index (χ4n) is 2.19. The van der Waals surface area contributed by atoms with Gasteiger partial charge in [0.05, 0.1) is 19.1 Å². The van der Waals surface area contributed by atoms with Crippen molar-refractivity contribution in [2.75, 3.05) is 12.4 Å². The molecular weight excluding hydrogens is 322 g/mol. The lowest BCUT2D eigenvalue weighted by Gasteiger charge is -2.02. The van der Waals surface area contributed by atoms with Crippen molar-refractivity contribution in [3.63, 3.8) is 0 Å². The summed E-state index contributed by atoms with van der Waals surface area (Å²) in [5, 5.41) is 10.3. The van der Waals surface area contributed by atoms with Gasteiger partial charge in [-0.2, -0.15) is 0 Å². The maximum Gasteiger partial charge on any atom is 0.337 e. The molecule has 3 aromatic rings. The summed E-state index contributed by atoms with van der Waals surface area (Å²) in [6.45, 7) is 0. The molecule has 1 amide bonds. The topological polar surface area (TPSA) is 94.3 Å². The van der Waals surface area contributed by atoms with Gasteiger partial charge >= 0.3 is 12.0 Å². The first-order chi connectivity index (χ1) is 12.2. The summed E-state index contributed by atoms with van der Waals surface area (Å²) in [6.07, 6.45) is 0.484. The number of nitrogens with zero attached hydrogens (tertiary/aromatic N) is 2. The van der Waals surface area contributed by atoms with E-state index in [1.165, 1.54) is 31.4 Å². The van der Waals surface area contributed by atoms with Gasteiger partial charge in [0, 0.05) is 5.56 Å². The smallest absolute Gasteiger partial charge is 0.337 e. The molecule has 7 heteroatoms. The van der Waals surface area contributed by atoms with Crippen LogP contribution in [0.15, 0.2) is 59.0 Å². The second kappa shape index (κ2) is 7.39. The van der Waals surface area contributed by atoms with Crippen LogP contribution in [0.25, 0.3) is 0 Å². The first kappa shape index (κ1) is 16.4. The zero-order valence-corrected chi connectivity index (χ0v) is 13.4. The third-order valence-corrected chi connectivity index (χ3v) is 3.45. The van der Waals surface area contributed by atoms with Gasteiger partial charge in [0.1, 0.15) is 0 Å². The predicted molar refractivity (Wildman–Crippen MR) is 89.3 cm³/mol. The summed E-state index contributed by atoms with van der Waals surface area (Å²) >= 11 is 0. The number of hydrogen-bond acceptors (Lipinski definition) is 6. The van der Waals surface area contributed by atoms with Crippen LogP contribution in [-0.2, 0) is 11.2 Å². The van der Waals surface area contributed by atoms with Gasteiger partial charge < -0.3 is 9.15 Å².